The fraction of sp³-hybridized carbons (Fsp3) is 0.667. The molecule has 1 saturated heterocycles. The summed E-state index contributed by atoms with van der Waals surface area (Å²) in [6.45, 7) is 6.54. The SMILES string of the molecule is CCOC1CC(O)C12CCN(C(C)c1ccccc1F)CC2. The Kier molecular flexibility index (Phi) is 4.53. The summed E-state index contributed by atoms with van der Waals surface area (Å²) in [6, 6.07) is 7.08. The van der Waals surface area contributed by atoms with Gasteiger partial charge in [-0.3, -0.25) is 4.90 Å². The summed E-state index contributed by atoms with van der Waals surface area (Å²) >= 11 is 0. The lowest BCUT2D eigenvalue weighted by Crippen LogP contribution is -2.62. The molecular formula is C18H26FNO2. The van der Waals surface area contributed by atoms with Crippen molar-refractivity contribution in [3.63, 3.8) is 0 Å². The molecule has 0 aromatic heterocycles. The Hall–Kier alpha value is -0.970. The summed E-state index contributed by atoms with van der Waals surface area (Å²) in [4.78, 5) is 2.32. The maximum Gasteiger partial charge on any atom is 0.127 e. The fourth-order valence-corrected chi connectivity index (χ4v) is 4.15. The first-order chi connectivity index (χ1) is 10.6. The Morgan fingerprint density at radius 3 is 2.64 bits per heavy atom. The highest BCUT2D eigenvalue weighted by atomic mass is 19.1. The molecule has 2 fully saturated rings. The third-order valence-electron chi connectivity index (χ3n) is 5.74. The van der Waals surface area contributed by atoms with Crippen molar-refractivity contribution in [2.45, 2.75) is 51.4 Å². The molecular weight excluding hydrogens is 281 g/mol. The molecule has 1 aromatic rings. The lowest BCUT2D eigenvalue weighted by atomic mass is 9.58. The largest absolute Gasteiger partial charge is 0.392 e. The van der Waals surface area contributed by atoms with E-state index in [4.69, 9.17) is 4.74 Å². The summed E-state index contributed by atoms with van der Waals surface area (Å²) in [5.74, 6) is -0.133. The molecule has 22 heavy (non-hydrogen) atoms. The molecule has 1 aromatic carbocycles. The third-order valence-corrected chi connectivity index (χ3v) is 5.74. The Balaban J connectivity index is 1.65. The van der Waals surface area contributed by atoms with Crippen molar-refractivity contribution in [3.05, 3.63) is 35.6 Å². The topological polar surface area (TPSA) is 32.7 Å². The van der Waals surface area contributed by atoms with Crippen LogP contribution in [0.5, 0.6) is 0 Å². The van der Waals surface area contributed by atoms with Crippen molar-refractivity contribution in [2.75, 3.05) is 19.7 Å². The molecule has 0 radical (unpaired) electrons. The van der Waals surface area contributed by atoms with Gasteiger partial charge in [-0.1, -0.05) is 18.2 Å². The quantitative estimate of drug-likeness (QED) is 0.927. The highest BCUT2D eigenvalue weighted by molar-refractivity contribution is 5.21. The first kappa shape index (κ1) is 15.9. The van der Waals surface area contributed by atoms with Gasteiger partial charge in [-0.2, -0.15) is 0 Å². The second-order valence-electron chi connectivity index (χ2n) is 6.66. The number of halogens is 1. The summed E-state index contributed by atoms with van der Waals surface area (Å²) in [5, 5.41) is 10.2. The Morgan fingerprint density at radius 2 is 2.05 bits per heavy atom. The summed E-state index contributed by atoms with van der Waals surface area (Å²) in [5.41, 5.74) is 0.690. The van der Waals surface area contributed by atoms with Crippen LogP contribution in [0.1, 0.15) is 44.7 Å². The van der Waals surface area contributed by atoms with Crippen LogP contribution in [0.2, 0.25) is 0 Å². The number of piperidine rings is 1. The number of hydrogen-bond donors (Lipinski definition) is 1. The molecule has 0 bridgehead atoms. The zero-order chi connectivity index (χ0) is 15.7. The maximum atomic E-state index is 14.0. The molecule has 4 heteroatoms. The van der Waals surface area contributed by atoms with Gasteiger partial charge in [-0.05, 0) is 45.8 Å². The van der Waals surface area contributed by atoms with Crippen LogP contribution in [0, 0.1) is 11.2 Å². The zero-order valence-corrected chi connectivity index (χ0v) is 13.5. The van der Waals surface area contributed by atoms with Crippen molar-refractivity contribution in [3.8, 4) is 0 Å². The van der Waals surface area contributed by atoms with Crippen LogP contribution in [0.15, 0.2) is 24.3 Å². The van der Waals surface area contributed by atoms with E-state index in [-0.39, 0.29) is 29.5 Å². The van der Waals surface area contributed by atoms with E-state index in [9.17, 15) is 9.50 Å². The van der Waals surface area contributed by atoms with Crippen LogP contribution < -0.4 is 0 Å². The van der Waals surface area contributed by atoms with Crippen molar-refractivity contribution in [1.82, 2.24) is 4.90 Å². The maximum absolute atomic E-state index is 14.0. The van der Waals surface area contributed by atoms with Gasteiger partial charge in [-0.15, -0.1) is 0 Å². The molecule has 1 aliphatic heterocycles. The standard InChI is InChI=1S/C18H26FNO2/c1-3-22-17-12-16(21)18(17)8-10-20(11-9-18)13(2)14-6-4-5-7-15(14)19/h4-7,13,16-17,21H,3,8-12H2,1-2H3. The summed E-state index contributed by atoms with van der Waals surface area (Å²) in [7, 11) is 0. The van der Waals surface area contributed by atoms with Gasteiger partial charge < -0.3 is 9.84 Å². The van der Waals surface area contributed by atoms with Crippen LogP contribution >= 0.6 is 0 Å². The van der Waals surface area contributed by atoms with Crippen LogP contribution in [-0.4, -0.2) is 41.9 Å². The average Bonchev–Trinajstić information content (AvgIpc) is 2.55. The lowest BCUT2D eigenvalue weighted by Gasteiger charge is -2.57. The zero-order valence-electron chi connectivity index (χ0n) is 13.5. The second kappa shape index (κ2) is 6.26. The van der Waals surface area contributed by atoms with E-state index in [0.29, 0.717) is 6.61 Å². The monoisotopic (exact) mass is 307 g/mol. The van der Waals surface area contributed by atoms with E-state index in [0.717, 1.165) is 37.9 Å². The molecule has 122 valence electrons. The number of hydrogen-bond acceptors (Lipinski definition) is 3. The number of nitrogens with zero attached hydrogens (tertiary/aromatic N) is 1. The van der Waals surface area contributed by atoms with Gasteiger partial charge in [-0.25, -0.2) is 4.39 Å². The number of aliphatic hydroxyl groups excluding tert-OH is 1. The number of benzene rings is 1. The molecule has 3 nitrogen and oxygen atoms in total. The number of rotatable bonds is 4. The molecule has 1 heterocycles. The van der Waals surface area contributed by atoms with E-state index < -0.39 is 0 Å². The molecule has 1 saturated carbocycles. The van der Waals surface area contributed by atoms with Gasteiger partial charge in [0.15, 0.2) is 0 Å². The van der Waals surface area contributed by atoms with E-state index in [1.807, 2.05) is 19.1 Å². The first-order valence-corrected chi connectivity index (χ1v) is 8.36. The number of aliphatic hydroxyl groups is 1. The molecule has 2 aliphatic rings. The van der Waals surface area contributed by atoms with E-state index in [2.05, 4.69) is 11.8 Å². The van der Waals surface area contributed by atoms with Gasteiger partial charge in [0, 0.05) is 30.0 Å². The van der Waals surface area contributed by atoms with Gasteiger partial charge in [0.1, 0.15) is 5.82 Å². The second-order valence-corrected chi connectivity index (χ2v) is 6.66. The van der Waals surface area contributed by atoms with Gasteiger partial charge in [0.25, 0.3) is 0 Å². The molecule has 3 rings (SSSR count). The number of likely N-dealkylation sites (tertiary alicyclic amines) is 1. The van der Waals surface area contributed by atoms with Crippen molar-refractivity contribution >= 4 is 0 Å². The van der Waals surface area contributed by atoms with Crippen LogP contribution in [0.4, 0.5) is 4.39 Å². The van der Waals surface area contributed by atoms with E-state index >= 15 is 0 Å². The van der Waals surface area contributed by atoms with Gasteiger partial charge in [0.05, 0.1) is 12.2 Å². The minimum Gasteiger partial charge on any atom is -0.392 e. The fourth-order valence-electron chi connectivity index (χ4n) is 4.15. The molecule has 0 amide bonds. The highest BCUT2D eigenvalue weighted by Crippen LogP contribution is 2.51. The third kappa shape index (κ3) is 2.57. The predicted octanol–water partition coefficient (Wildman–Crippen LogP) is 3.14. The Labute approximate surface area is 132 Å². The minimum absolute atomic E-state index is 0.0680. The molecule has 3 atom stereocenters. The van der Waals surface area contributed by atoms with Crippen LogP contribution in [0.3, 0.4) is 0 Å². The first-order valence-electron chi connectivity index (χ1n) is 8.36. The number of ether oxygens (including phenoxy) is 1. The molecule has 1 spiro atoms. The van der Waals surface area contributed by atoms with Crippen molar-refractivity contribution < 1.29 is 14.2 Å². The smallest absolute Gasteiger partial charge is 0.127 e. The molecule has 3 unspecified atom stereocenters. The lowest BCUT2D eigenvalue weighted by molar-refractivity contribution is -0.211. The van der Waals surface area contributed by atoms with E-state index in [1.165, 1.54) is 6.07 Å². The Morgan fingerprint density at radius 1 is 1.36 bits per heavy atom. The normalized spacial score (nSPS) is 29.3. The van der Waals surface area contributed by atoms with Crippen molar-refractivity contribution in [1.29, 1.82) is 0 Å². The summed E-state index contributed by atoms with van der Waals surface area (Å²) < 4.78 is 19.8. The van der Waals surface area contributed by atoms with Crippen LogP contribution in [0.25, 0.3) is 0 Å². The van der Waals surface area contributed by atoms with Crippen molar-refractivity contribution in [2.24, 2.45) is 5.41 Å². The minimum atomic E-state index is -0.241. The van der Waals surface area contributed by atoms with Gasteiger partial charge >= 0.3 is 0 Å². The van der Waals surface area contributed by atoms with Crippen LogP contribution in [-0.2, 0) is 4.74 Å². The van der Waals surface area contributed by atoms with Gasteiger partial charge in [0.2, 0.25) is 0 Å². The average molecular weight is 307 g/mol. The Bertz CT molecular complexity index is 512. The van der Waals surface area contributed by atoms with E-state index in [1.54, 1.807) is 6.07 Å². The molecule has 1 aliphatic carbocycles. The highest BCUT2D eigenvalue weighted by Gasteiger charge is 2.56. The molecule has 1 N–H and O–H groups in total. The predicted molar refractivity (Wildman–Crippen MR) is 84.1 cm³/mol. The summed E-state index contributed by atoms with van der Waals surface area (Å²) in [6.07, 6.45) is 2.57.